The highest BCUT2D eigenvalue weighted by atomic mass is 15.3. The van der Waals surface area contributed by atoms with Crippen molar-refractivity contribution in [3.05, 3.63) is 0 Å². The highest BCUT2D eigenvalue weighted by Crippen LogP contribution is 2.16. The number of rotatable bonds is 26. The van der Waals surface area contributed by atoms with Crippen molar-refractivity contribution in [2.45, 2.75) is 168 Å². The Kier molecular flexibility index (Phi) is 25.5. The minimum atomic E-state index is 0.636. The van der Waals surface area contributed by atoms with Crippen molar-refractivity contribution in [3.63, 3.8) is 0 Å². The molecule has 0 radical (unpaired) electrons. The highest BCUT2D eigenvalue weighted by molar-refractivity contribution is 4.70. The fraction of sp³-hybridized carbons (Fsp3) is 1.00. The van der Waals surface area contributed by atoms with Gasteiger partial charge in [0.1, 0.15) is 0 Å². The van der Waals surface area contributed by atoms with Crippen molar-refractivity contribution in [2.75, 3.05) is 27.2 Å². The van der Waals surface area contributed by atoms with E-state index in [1.54, 1.807) is 0 Å². The van der Waals surface area contributed by atoms with Gasteiger partial charge < -0.3 is 0 Å². The van der Waals surface area contributed by atoms with Gasteiger partial charge in [0.2, 0.25) is 0 Å². The van der Waals surface area contributed by atoms with E-state index in [1.165, 1.54) is 154 Å². The van der Waals surface area contributed by atoms with Crippen molar-refractivity contribution in [3.8, 4) is 0 Å². The van der Waals surface area contributed by atoms with Crippen LogP contribution in [0.4, 0.5) is 0 Å². The zero-order valence-corrected chi connectivity index (χ0v) is 23.4. The maximum Gasteiger partial charge on any atom is 0.0617 e. The van der Waals surface area contributed by atoms with E-state index in [0.29, 0.717) is 6.17 Å². The molecule has 2 heteroatoms. The molecule has 1 unspecified atom stereocenters. The summed E-state index contributed by atoms with van der Waals surface area (Å²) in [6, 6.07) is 0. The first-order chi connectivity index (χ1) is 15.7. The molecule has 0 aliphatic carbocycles. The Labute approximate surface area is 205 Å². The highest BCUT2D eigenvalue weighted by Gasteiger charge is 2.18. The van der Waals surface area contributed by atoms with Crippen molar-refractivity contribution < 1.29 is 0 Å². The van der Waals surface area contributed by atoms with E-state index in [9.17, 15) is 0 Å². The van der Waals surface area contributed by atoms with E-state index >= 15 is 0 Å². The SMILES string of the molecule is CCCCCCCCCCCCN(CCCCCCCCCCCC)C(CCC)N(C)C. The Morgan fingerprint density at radius 1 is 0.406 bits per heavy atom. The summed E-state index contributed by atoms with van der Waals surface area (Å²) in [5.41, 5.74) is 0. The number of hydrogen-bond acceptors (Lipinski definition) is 2. The standard InChI is InChI=1S/C30H64N2/c1-6-9-11-13-15-17-19-21-23-25-28-32(30(27-8-3)31(4)5)29-26-24-22-20-18-16-14-12-10-7-2/h30H,6-29H2,1-5H3. The maximum atomic E-state index is 2.82. The average Bonchev–Trinajstić information content (AvgIpc) is 2.78. The molecule has 2 nitrogen and oxygen atoms in total. The molecule has 0 saturated carbocycles. The van der Waals surface area contributed by atoms with Crippen LogP contribution in [-0.2, 0) is 0 Å². The van der Waals surface area contributed by atoms with Crippen LogP contribution in [0.3, 0.4) is 0 Å². The molecule has 194 valence electrons. The molecule has 0 fully saturated rings. The fourth-order valence-electron chi connectivity index (χ4n) is 5.04. The lowest BCUT2D eigenvalue weighted by atomic mass is 10.1. The second kappa shape index (κ2) is 25.5. The summed E-state index contributed by atoms with van der Waals surface area (Å²) >= 11 is 0. The number of hydrogen-bond donors (Lipinski definition) is 0. The van der Waals surface area contributed by atoms with Gasteiger partial charge in [-0.1, -0.05) is 143 Å². The third kappa shape index (κ3) is 20.5. The van der Waals surface area contributed by atoms with E-state index in [1.807, 2.05) is 0 Å². The third-order valence-corrected chi connectivity index (χ3v) is 7.16. The summed E-state index contributed by atoms with van der Waals surface area (Å²) in [5.74, 6) is 0. The van der Waals surface area contributed by atoms with Crippen LogP contribution in [0.25, 0.3) is 0 Å². The molecule has 0 spiro atoms. The topological polar surface area (TPSA) is 6.48 Å². The van der Waals surface area contributed by atoms with E-state index in [2.05, 4.69) is 44.7 Å². The van der Waals surface area contributed by atoms with Gasteiger partial charge >= 0.3 is 0 Å². The van der Waals surface area contributed by atoms with Gasteiger partial charge in [-0.05, 0) is 46.4 Å². The van der Waals surface area contributed by atoms with Crippen molar-refractivity contribution in [1.82, 2.24) is 9.80 Å². The van der Waals surface area contributed by atoms with Gasteiger partial charge in [0.25, 0.3) is 0 Å². The summed E-state index contributed by atoms with van der Waals surface area (Å²) in [4.78, 5) is 5.29. The molecule has 0 saturated heterocycles. The summed E-state index contributed by atoms with van der Waals surface area (Å²) in [6.45, 7) is 9.56. The lowest BCUT2D eigenvalue weighted by molar-refractivity contribution is 0.0673. The van der Waals surface area contributed by atoms with Crippen molar-refractivity contribution in [1.29, 1.82) is 0 Å². The fourth-order valence-corrected chi connectivity index (χ4v) is 5.04. The molecular weight excluding hydrogens is 388 g/mol. The van der Waals surface area contributed by atoms with Crippen molar-refractivity contribution in [2.24, 2.45) is 0 Å². The van der Waals surface area contributed by atoms with Crippen LogP contribution in [0.2, 0.25) is 0 Å². The second-order valence-electron chi connectivity index (χ2n) is 10.6. The molecule has 0 aromatic rings. The molecular formula is C30H64N2. The molecule has 0 bridgehead atoms. The first-order valence-corrected chi connectivity index (χ1v) is 15.1. The Morgan fingerprint density at radius 3 is 1.00 bits per heavy atom. The zero-order chi connectivity index (χ0) is 23.7. The molecule has 0 amide bonds. The minimum absolute atomic E-state index is 0.636. The molecule has 0 aliphatic rings. The summed E-state index contributed by atoms with van der Waals surface area (Å²) in [6.07, 6.45) is 31.9. The van der Waals surface area contributed by atoms with Crippen molar-refractivity contribution >= 4 is 0 Å². The number of unbranched alkanes of at least 4 members (excludes halogenated alkanes) is 18. The van der Waals surface area contributed by atoms with E-state index < -0.39 is 0 Å². The first kappa shape index (κ1) is 31.9. The van der Waals surface area contributed by atoms with Gasteiger partial charge in [-0.3, -0.25) is 9.80 Å². The van der Waals surface area contributed by atoms with Gasteiger partial charge in [-0.15, -0.1) is 0 Å². The summed E-state index contributed by atoms with van der Waals surface area (Å²) in [7, 11) is 4.56. The van der Waals surface area contributed by atoms with E-state index in [4.69, 9.17) is 0 Å². The Hall–Kier alpha value is -0.0800. The van der Waals surface area contributed by atoms with Gasteiger partial charge in [0, 0.05) is 0 Å². The van der Waals surface area contributed by atoms with E-state index in [-0.39, 0.29) is 0 Å². The smallest absolute Gasteiger partial charge is 0.0617 e. The van der Waals surface area contributed by atoms with Crippen LogP contribution in [0.1, 0.15) is 162 Å². The van der Waals surface area contributed by atoms with Crippen LogP contribution in [-0.4, -0.2) is 43.2 Å². The van der Waals surface area contributed by atoms with Crippen LogP contribution >= 0.6 is 0 Å². The molecule has 0 aliphatic heterocycles. The lowest BCUT2D eigenvalue weighted by Gasteiger charge is -2.36. The van der Waals surface area contributed by atoms with Crippen LogP contribution in [0.15, 0.2) is 0 Å². The molecule has 1 atom stereocenters. The Morgan fingerprint density at radius 2 is 0.719 bits per heavy atom. The second-order valence-corrected chi connectivity index (χ2v) is 10.6. The Bertz CT molecular complexity index is 318. The maximum absolute atomic E-state index is 2.82. The monoisotopic (exact) mass is 453 g/mol. The third-order valence-electron chi connectivity index (χ3n) is 7.16. The predicted molar refractivity (Wildman–Crippen MR) is 148 cm³/mol. The largest absolute Gasteiger partial charge is 0.294 e. The molecule has 32 heavy (non-hydrogen) atoms. The molecule has 0 aromatic carbocycles. The minimum Gasteiger partial charge on any atom is -0.294 e. The molecule has 0 aromatic heterocycles. The normalized spacial score (nSPS) is 12.8. The molecule has 0 heterocycles. The van der Waals surface area contributed by atoms with Gasteiger partial charge in [-0.25, -0.2) is 0 Å². The van der Waals surface area contributed by atoms with E-state index in [0.717, 1.165) is 0 Å². The average molecular weight is 453 g/mol. The lowest BCUT2D eigenvalue weighted by Crippen LogP contribution is -2.45. The molecule has 0 rings (SSSR count). The molecule has 0 N–H and O–H groups in total. The van der Waals surface area contributed by atoms with Crippen LogP contribution < -0.4 is 0 Å². The van der Waals surface area contributed by atoms with Gasteiger partial charge in [-0.2, -0.15) is 0 Å². The van der Waals surface area contributed by atoms with Gasteiger partial charge in [0.05, 0.1) is 6.17 Å². The van der Waals surface area contributed by atoms with Crippen LogP contribution in [0, 0.1) is 0 Å². The summed E-state index contributed by atoms with van der Waals surface area (Å²) in [5, 5.41) is 0. The van der Waals surface area contributed by atoms with Crippen LogP contribution in [0.5, 0.6) is 0 Å². The Balaban J connectivity index is 3.99. The predicted octanol–water partition coefficient (Wildman–Crippen LogP) is 9.82. The van der Waals surface area contributed by atoms with Gasteiger partial charge in [0.15, 0.2) is 0 Å². The quantitative estimate of drug-likeness (QED) is 0.0951. The first-order valence-electron chi connectivity index (χ1n) is 15.1. The number of nitrogens with zero attached hydrogens (tertiary/aromatic N) is 2. The summed E-state index contributed by atoms with van der Waals surface area (Å²) < 4.78 is 0. The zero-order valence-electron chi connectivity index (χ0n) is 23.4.